The van der Waals surface area contributed by atoms with Gasteiger partial charge in [-0.25, -0.2) is 0 Å². The van der Waals surface area contributed by atoms with E-state index >= 15 is 0 Å². The third kappa shape index (κ3) is 4.72. The average molecular weight is 343 g/mol. The molecule has 0 aliphatic rings. The van der Waals surface area contributed by atoms with Crippen LogP contribution in [-0.2, 0) is 6.54 Å². The second-order valence-electron chi connectivity index (χ2n) is 6.05. The molecule has 0 N–H and O–H groups in total. The Kier molecular flexibility index (Phi) is 6.39. The second-order valence-corrected chi connectivity index (χ2v) is 6.05. The molecule has 0 saturated heterocycles. The van der Waals surface area contributed by atoms with Crippen molar-refractivity contribution in [3.8, 4) is 11.5 Å². The topological polar surface area (TPSA) is 57.5 Å². The first-order valence-corrected chi connectivity index (χ1v) is 8.48. The third-order valence-corrected chi connectivity index (χ3v) is 4.10. The Balaban J connectivity index is 2.24. The summed E-state index contributed by atoms with van der Waals surface area (Å²) in [4.78, 5) is 24.2. The summed E-state index contributed by atoms with van der Waals surface area (Å²) in [6.45, 7) is 6.51. The van der Waals surface area contributed by atoms with E-state index in [2.05, 4.69) is 6.92 Å². The molecule has 2 rings (SSSR count). The number of ether oxygens (including phenoxy) is 2. The molecule has 0 saturated carbocycles. The highest BCUT2D eigenvalue weighted by Gasteiger charge is 2.13. The van der Waals surface area contributed by atoms with Crippen LogP contribution in [0.4, 0.5) is 0 Å². The average Bonchev–Trinajstić information content (AvgIpc) is 2.58. The monoisotopic (exact) mass is 343 g/mol. The van der Waals surface area contributed by atoms with E-state index < -0.39 is 0 Å². The van der Waals surface area contributed by atoms with Crippen LogP contribution in [0.3, 0.4) is 0 Å². The first kappa shape index (κ1) is 18.8. The predicted octanol–water partition coefficient (Wildman–Crippen LogP) is 3.54. The third-order valence-electron chi connectivity index (χ3n) is 4.10. The van der Waals surface area contributed by atoms with E-state index in [-0.39, 0.29) is 17.8 Å². The number of Topliss-reactive ketones (excluding diaryl/α,β-unsaturated/α-hetero) is 1. The van der Waals surface area contributed by atoms with Crippen molar-refractivity contribution in [3.63, 3.8) is 0 Å². The molecule has 2 aromatic rings. The molecule has 5 heteroatoms. The molecular weight excluding hydrogens is 318 g/mol. The molecule has 5 nitrogen and oxygen atoms in total. The molecule has 0 bridgehead atoms. The van der Waals surface area contributed by atoms with Crippen LogP contribution in [0.5, 0.6) is 11.5 Å². The van der Waals surface area contributed by atoms with E-state index in [0.717, 1.165) is 24.2 Å². The highest BCUT2D eigenvalue weighted by atomic mass is 16.5. The second kappa shape index (κ2) is 8.51. The first-order chi connectivity index (χ1) is 12.0. The number of aromatic nitrogens is 1. The summed E-state index contributed by atoms with van der Waals surface area (Å²) in [5, 5.41) is 0. The fourth-order valence-corrected chi connectivity index (χ4v) is 2.66. The van der Waals surface area contributed by atoms with Gasteiger partial charge in [0.15, 0.2) is 22.7 Å². The fourth-order valence-electron chi connectivity index (χ4n) is 2.66. The van der Waals surface area contributed by atoms with Gasteiger partial charge in [0.25, 0.3) is 0 Å². The van der Waals surface area contributed by atoms with Crippen molar-refractivity contribution in [3.05, 3.63) is 57.5 Å². The minimum atomic E-state index is -0.0465. The van der Waals surface area contributed by atoms with E-state index in [1.54, 1.807) is 25.3 Å². The smallest absolute Gasteiger partial charge is 0.182 e. The number of hydrogen-bond donors (Lipinski definition) is 0. The predicted molar refractivity (Wildman–Crippen MR) is 97.9 cm³/mol. The molecule has 1 aromatic carbocycles. The summed E-state index contributed by atoms with van der Waals surface area (Å²) < 4.78 is 12.9. The number of methoxy groups -OCH3 is 1. The van der Waals surface area contributed by atoms with E-state index in [0.29, 0.717) is 23.7 Å². The van der Waals surface area contributed by atoms with Crippen LogP contribution < -0.4 is 14.9 Å². The van der Waals surface area contributed by atoms with E-state index in [1.165, 1.54) is 12.1 Å². The maximum atomic E-state index is 12.7. The van der Waals surface area contributed by atoms with Gasteiger partial charge >= 0.3 is 0 Å². The number of hydrogen-bond acceptors (Lipinski definition) is 4. The van der Waals surface area contributed by atoms with Gasteiger partial charge in [0.05, 0.1) is 20.3 Å². The van der Waals surface area contributed by atoms with Gasteiger partial charge in [0, 0.05) is 29.1 Å². The lowest BCUT2D eigenvalue weighted by Crippen LogP contribution is -2.18. The molecular formula is C20H25NO4. The summed E-state index contributed by atoms with van der Waals surface area (Å²) >= 11 is 0. The molecule has 1 aromatic heterocycles. The van der Waals surface area contributed by atoms with E-state index in [9.17, 15) is 9.59 Å². The van der Waals surface area contributed by atoms with Crippen LogP contribution in [0.2, 0.25) is 0 Å². The zero-order valence-corrected chi connectivity index (χ0v) is 15.3. The van der Waals surface area contributed by atoms with Crippen molar-refractivity contribution in [1.29, 1.82) is 0 Å². The van der Waals surface area contributed by atoms with E-state index in [4.69, 9.17) is 9.47 Å². The standard InChI is InChI=1S/C20H25NO4/c1-5-6-9-25-20-12-16(7-8-19(20)24-4)18(23)13-21-14(2)10-17(22)11-15(21)3/h7-8,10-12H,5-6,9,13H2,1-4H3. The molecule has 0 aliphatic heterocycles. The number of carbonyl (C=O) groups is 1. The molecule has 0 atom stereocenters. The largest absolute Gasteiger partial charge is 0.493 e. The Morgan fingerprint density at radius 1 is 1.08 bits per heavy atom. The SMILES string of the molecule is CCCCOc1cc(C(=O)Cn2c(C)cc(=O)cc2C)ccc1OC. The molecule has 0 amide bonds. The van der Waals surface area contributed by atoms with Crippen LogP contribution in [0, 0.1) is 13.8 Å². The summed E-state index contributed by atoms with van der Waals surface area (Å²) in [5.41, 5.74) is 2.05. The number of benzene rings is 1. The van der Waals surface area contributed by atoms with Gasteiger partial charge in [-0.1, -0.05) is 13.3 Å². The van der Waals surface area contributed by atoms with Crippen molar-refractivity contribution in [2.24, 2.45) is 0 Å². The lowest BCUT2D eigenvalue weighted by atomic mass is 10.1. The number of rotatable bonds is 8. The molecule has 134 valence electrons. The van der Waals surface area contributed by atoms with Gasteiger partial charge in [-0.3, -0.25) is 9.59 Å². The Morgan fingerprint density at radius 2 is 1.76 bits per heavy atom. The zero-order chi connectivity index (χ0) is 18.4. The summed E-state index contributed by atoms with van der Waals surface area (Å²) in [7, 11) is 1.58. The van der Waals surface area contributed by atoms with Crippen LogP contribution in [-0.4, -0.2) is 24.1 Å². The summed E-state index contributed by atoms with van der Waals surface area (Å²) in [6, 6.07) is 8.28. The molecule has 0 spiro atoms. The van der Waals surface area contributed by atoms with Crippen LogP contribution in [0.25, 0.3) is 0 Å². The van der Waals surface area contributed by atoms with Crippen molar-refractivity contribution in [2.45, 2.75) is 40.2 Å². The number of carbonyl (C=O) groups excluding carboxylic acids is 1. The number of nitrogens with zero attached hydrogens (tertiary/aromatic N) is 1. The van der Waals surface area contributed by atoms with Crippen LogP contribution in [0.15, 0.2) is 35.1 Å². The van der Waals surface area contributed by atoms with Gasteiger partial charge < -0.3 is 14.0 Å². The number of pyridine rings is 1. The maximum Gasteiger partial charge on any atom is 0.182 e. The Labute approximate surface area is 148 Å². The molecule has 1 heterocycles. The molecule has 0 radical (unpaired) electrons. The van der Waals surface area contributed by atoms with Gasteiger partial charge in [-0.15, -0.1) is 0 Å². The maximum absolute atomic E-state index is 12.7. The highest BCUT2D eigenvalue weighted by Crippen LogP contribution is 2.28. The van der Waals surface area contributed by atoms with Gasteiger partial charge in [-0.05, 0) is 38.5 Å². The first-order valence-electron chi connectivity index (χ1n) is 8.48. The lowest BCUT2D eigenvalue weighted by Gasteiger charge is -2.15. The summed E-state index contributed by atoms with van der Waals surface area (Å²) in [5.74, 6) is 1.15. The normalized spacial score (nSPS) is 10.6. The fraction of sp³-hybridized carbons (Fsp3) is 0.400. The minimum absolute atomic E-state index is 0.0437. The van der Waals surface area contributed by atoms with Gasteiger partial charge in [-0.2, -0.15) is 0 Å². The van der Waals surface area contributed by atoms with Gasteiger partial charge in [0.2, 0.25) is 0 Å². The van der Waals surface area contributed by atoms with Crippen molar-refractivity contribution in [2.75, 3.05) is 13.7 Å². The highest BCUT2D eigenvalue weighted by molar-refractivity contribution is 5.96. The Morgan fingerprint density at radius 3 is 2.36 bits per heavy atom. The molecule has 25 heavy (non-hydrogen) atoms. The van der Waals surface area contributed by atoms with Crippen molar-refractivity contribution in [1.82, 2.24) is 4.57 Å². The lowest BCUT2D eigenvalue weighted by molar-refractivity contribution is 0.0969. The van der Waals surface area contributed by atoms with Crippen molar-refractivity contribution < 1.29 is 14.3 Å². The van der Waals surface area contributed by atoms with Crippen molar-refractivity contribution >= 4 is 5.78 Å². The quantitative estimate of drug-likeness (QED) is 0.543. The number of aryl methyl sites for hydroxylation is 2. The number of ketones is 1. The zero-order valence-electron chi connectivity index (χ0n) is 15.3. The van der Waals surface area contributed by atoms with Crippen LogP contribution in [0.1, 0.15) is 41.5 Å². The molecule has 0 fully saturated rings. The number of unbranched alkanes of at least 4 members (excludes halogenated alkanes) is 1. The Hall–Kier alpha value is -2.56. The van der Waals surface area contributed by atoms with E-state index in [1.807, 2.05) is 18.4 Å². The summed E-state index contributed by atoms with van der Waals surface area (Å²) in [6.07, 6.45) is 1.98. The van der Waals surface area contributed by atoms with Crippen LogP contribution >= 0.6 is 0 Å². The molecule has 0 aliphatic carbocycles. The minimum Gasteiger partial charge on any atom is -0.493 e. The van der Waals surface area contributed by atoms with Gasteiger partial charge in [0.1, 0.15) is 0 Å². The molecule has 0 unspecified atom stereocenters. The Bertz CT molecular complexity index is 782.